The minimum absolute atomic E-state index is 0.00146. The summed E-state index contributed by atoms with van der Waals surface area (Å²) in [5, 5.41) is 3.88. The van der Waals surface area contributed by atoms with Crippen molar-refractivity contribution in [3.63, 3.8) is 0 Å². The quantitative estimate of drug-likeness (QED) is 0.405. The van der Waals surface area contributed by atoms with E-state index in [9.17, 15) is 9.59 Å². The van der Waals surface area contributed by atoms with E-state index in [4.69, 9.17) is 27.9 Å². The Labute approximate surface area is 207 Å². The number of nitrogens with one attached hydrogen (secondary N) is 1. The molecule has 0 saturated carbocycles. The Balaban J connectivity index is 2.32. The van der Waals surface area contributed by atoms with Crippen LogP contribution in [0, 0.1) is 0 Å². The highest BCUT2D eigenvalue weighted by molar-refractivity contribution is 6.36. The molecule has 0 aromatic heterocycles. The van der Waals surface area contributed by atoms with Gasteiger partial charge in [-0.25, -0.2) is 0 Å². The van der Waals surface area contributed by atoms with E-state index in [1.165, 1.54) is 4.90 Å². The predicted octanol–water partition coefficient (Wildman–Crippen LogP) is 6.22. The molecule has 2 aromatic carbocycles. The van der Waals surface area contributed by atoms with Crippen molar-refractivity contribution in [3.8, 4) is 5.75 Å². The monoisotopic (exact) mass is 492 g/mol. The van der Waals surface area contributed by atoms with E-state index in [0.29, 0.717) is 27.8 Å². The first-order valence-electron chi connectivity index (χ1n) is 11.4. The fourth-order valence-electron chi connectivity index (χ4n) is 3.53. The molecule has 0 aliphatic heterocycles. The van der Waals surface area contributed by atoms with Gasteiger partial charge in [-0.05, 0) is 49.4 Å². The third-order valence-corrected chi connectivity index (χ3v) is 6.38. The molecule has 0 radical (unpaired) electrons. The molecule has 2 atom stereocenters. The maximum atomic E-state index is 13.4. The van der Waals surface area contributed by atoms with Crippen molar-refractivity contribution < 1.29 is 14.3 Å². The number of hydrogen-bond donors (Lipinski definition) is 1. The topological polar surface area (TPSA) is 58.6 Å². The zero-order valence-electron chi connectivity index (χ0n) is 20.0. The zero-order chi connectivity index (χ0) is 24.5. The number of benzene rings is 2. The van der Waals surface area contributed by atoms with Crippen LogP contribution in [0.5, 0.6) is 5.75 Å². The summed E-state index contributed by atoms with van der Waals surface area (Å²) < 4.78 is 5.93. The molecule has 0 heterocycles. The lowest BCUT2D eigenvalue weighted by molar-refractivity contribution is -0.143. The van der Waals surface area contributed by atoms with Crippen LogP contribution in [0.15, 0.2) is 42.5 Å². The smallest absolute Gasteiger partial charge is 0.261 e. The highest BCUT2D eigenvalue weighted by atomic mass is 35.5. The molecule has 0 unspecified atom stereocenters. The van der Waals surface area contributed by atoms with Gasteiger partial charge in [-0.1, -0.05) is 75.2 Å². The van der Waals surface area contributed by atoms with Crippen molar-refractivity contribution >= 4 is 35.0 Å². The van der Waals surface area contributed by atoms with Gasteiger partial charge in [0.1, 0.15) is 11.8 Å². The van der Waals surface area contributed by atoms with Crippen molar-refractivity contribution in [1.29, 1.82) is 0 Å². The van der Waals surface area contributed by atoms with E-state index in [2.05, 4.69) is 19.2 Å². The fraction of sp³-hybridized carbons (Fsp3) is 0.462. The van der Waals surface area contributed by atoms with Crippen LogP contribution < -0.4 is 10.1 Å². The number of hydrogen-bond acceptors (Lipinski definition) is 3. The Morgan fingerprint density at radius 3 is 2.18 bits per heavy atom. The molecule has 180 valence electrons. The van der Waals surface area contributed by atoms with E-state index in [1.54, 1.807) is 18.2 Å². The molecule has 0 saturated heterocycles. The molecule has 1 N–H and O–H groups in total. The fourth-order valence-corrected chi connectivity index (χ4v) is 4.04. The summed E-state index contributed by atoms with van der Waals surface area (Å²) in [6, 6.07) is 12.2. The maximum absolute atomic E-state index is 13.4. The van der Waals surface area contributed by atoms with Crippen LogP contribution in [-0.2, 0) is 16.1 Å². The number of carbonyl (C=O) groups excluding carboxylic acids is 2. The maximum Gasteiger partial charge on any atom is 0.261 e. The lowest BCUT2D eigenvalue weighted by atomic mass is 10.0. The molecule has 7 heteroatoms. The van der Waals surface area contributed by atoms with E-state index >= 15 is 0 Å². The number of nitrogens with zero attached hydrogens (tertiary/aromatic N) is 1. The van der Waals surface area contributed by atoms with Gasteiger partial charge in [0.25, 0.3) is 5.91 Å². The van der Waals surface area contributed by atoms with Crippen molar-refractivity contribution in [3.05, 3.63) is 63.6 Å². The highest BCUT2D eigenvalue weighted by Gasteiger charge is 2.30. The highest BCUT2D eigenvalue weighted by Crippen LogP contribution is 2.28. The molecule has 0 aliphatic rings. The summed E-state index contributed by atoms with van der Waals surface area (Å²) in [6.07, 6.45) is 1.24. The van der Waals surface area contributed by atoms with Crippen molar-refractivity contribution in [1.82, 2.24) is 10.2 Å². The average Bonchev–Trinajstić information content (AvgIpc) is 2.79. The molecular weight excluding hydrogens is 459 g/mol. The SMILES string of the molecule is CC[C@@H](C)NC(=O)[C@@H](CC)N(Cc1c(Cl)cccc1Cl)C(=O)COc1ccccc1C(C)C. The van der Waals surface area contributed by atoms with Gasteiger partial charge in [0.15, 0.2) is 6.61 Å². The van der Waals surface area contributed by atoms with Gasteiger partial charge in [0, 0.05) is 28.2 Å². The molecule has 2 amide bonds. The van der Waals surface area contributed by atoms with E-state index in [1.807, 2.05) is 45.0 Å². The van der Waals surface area contributed by atoms with Gasteiger partial charge in [-0.2, -0.15) is 0 Å². The van der Waals surface area contributed by atoms with Crippen LogP contribution in [0.4, 0.5) is 0 Å². The summed E-state index contributed by atoms with van der Waals surface area (Å²) in [4.78, 5) is 28.0. The number of para-hydroxylation sites is 1. The molecule has 5 nitrogen and oxygen atoms in total. The molecule has 0 fully saturated rings. The average molecular weight is 493 g/mol. The van der Waals surface area contributed by atoms with E-state index in [0.717, 1.165) is 12.0 Å². The normalized spacial score (nSPS) is 12.8. The van der Waals surface area contributed by atoms with Crippen LogP contribution in [0.1, 0.15) is 64.5 Å². The Morgan fingerprint density at radius 1 is 0.970 bits per heavy atom. The van der Waals surface area contributed by atoms with E-state index in [-0.39, 0.29) is 36.9 Å². The number of ether oxygens (including phenoxy) is 1. The lowest BCUT2D eigenvalue weighted by Crippen LogP contribution is -2.51. The Hall–Kier alpha value is -2.24. The lowest BCUT2D eigenvalue weighted by Gasteiger charge is -2.32. The molecule has 2 rings (SSSR count). The number of rotatable bonds is 11. The number of halogens is 2. The van der Waals surface area contributed by atoms with Crippen LogP contribution >= 0.6 is 23.2 Å². The van der Waals surface area contributed by atoms with Crippen LogP contribution in [0.3, 0.4) is 0 Å². The summed E-state index contributed by atoms with van der Waals surface area (Å²) in [7, 11) is 0. The van der Waals surface area contributed by atoms with Gasteiger partial charge >= 0.3 is 0 Å². The van der Waals surface area contributed by atoms with Crippen molar-refractivity contribution in [2.75, 3.05) is 6.61 Å². The van der Waals surface area contributed by atoms with Gasteiger partial charge in [0.2, 0.25) is 5.91 Å². The van der Waals surface area contributed by atoms with Gasteiger partial charge in [-0.15, -0.1) is 0 Å². The van der Waals surface area contributed by atoms with Gasteiger partial charge in [-0.3, -0.25) is 9.59 Å². The van der Waals surface area contributed by atoms with E-state index < -0.39 is 6.04 Å². The third-order valence-electron chi connectivity index (χ3n) is 5.67. The zero-order valence-corrected chi connectivity index (χ0v) is 21.5. The van der Waals surface area contributed by atoms with Crippen molar-refractivity contribution in [2.45, 2.75) is 72.0 Å². The van der Waals surface area contributed by atoms with Crippen LogP contribution in [0.25, 0.3) is 0 Å². The second-order valence-electron chi connectivity index (χ2n) is 8.44. The minimum atomic E-state index is -0.678. The number of carbonyl (C=O) groups is 2. The summed E-state index contributed by atoms with van der Waals surface area (Å²) in [5.74, 6) is 0.398. The van der Waals surface area contributed by atoms with Gasteiger partial charge in [0.05, 0.1) is 0 Å². The molecule has 2 aromatic rings. The Bertz CT molecular complexity index is 929. The Morgan fingerprint density at radius 2 is 1.61 bits per heavy atom. The molecule has 0 spiro atoms. The summed E-state index contributed by atoms with van der Waals surface area (Å²) in [5.41, 5.74) is 1.62. The predicted molar refractivity (Wildman–Crippen MR) is 135 cm³/mol. The van der Waals surface area contributed by atoms with Crippen molar-refractivity contribution in [2.24, 2.45) is 0 Å². The third kappa shape index (κ3) is 7.38. The largest absolute Gasteiger partial charge is 0.483 e. The standard InChI is InChI=1S/C26H34Cl2N2O3/c1-6-18(5)29-26(32)23(7-2)30(15-20-21(27)12-10-13-22(20)28)25(31)16-33-24-14-9-8-11-19(24)17(3)4/h8-14,17-18,23H,6-7,15-16H2,1-5H3,(H,29,32)/t18-,23-/m1/s1. The van der Waals surface area contributed by atoms with Crippen LogP contribution in [-0.4, -0.2) is 35.4 Å². The first-order valence-corrected chi connectivity index (χ1v) is 12.2. The second-order valence-corrected chi connectivity index (χ2v) is 9.26. The number of amides is 2. The molecule has 0 bridgehead atoms. The molecule has 0 aliphatic carbocycles. The second kappa shape index (κ2) is 12.9. The molecular formula is C26H34Cl2N2O3. The summed E-state index contributed by atoms with van der Waals surface area (Å²) in [6.45, 7) is 9.87. The molecule has 33 heavy (non-hydrogen) atoms. The first kappa shape index (κ1) is 27.0. The minimum Gasteiger partial charge on any atom is -0.483 e. The summed E-state index contributed by atoms with van der Waals surface area (Å²) >= 11 is 12.8. The first-order chi connectivity index (χ1) is 15.7. The van der Waals surface area contributed by atoms with Gasteiger partial charge < -0.3 is 15.0 Å². The van der Waals surface area contributed by atoms with Crippen LogP contribution in [0.2, 0.25) is 10.0 Å². The Kier molecular flexibility index (Phi) is 10.5.